The average Bonchev–Trinajstić information content (AvgIpc) is 2.28. The van der Waals surface area contributed by atoms with E-state index < -0.39 is 0 Å². The Labute approximate surface area is 118 Å². The van der Waals surface area contributed by atoms with Crippen LogP contribution in [0.5, 0.6) is 0 Å². The zero-order chi connectivity index (χ0) is 12.8. The van der Waals surface area contributed by atoms with E-state index in [9.17, 15) is 0 Å². The van der Waals surface area contributed by atoms with Crippen molar-refractivity contribution >= 4 is 27.5 Å². The van der Waals surface area contributed by atoms with Crippen LogP contribution in [0.1, 0.15) is 44.7 Å². The predicted octanol–water partition coefficient (Wildman–Crippen LogP) is 5.19. The fourth-order valence-corrected chi connectivity index (χ4v) is 2.37. The van der Waals surface area contributed by atoms with E-state index >= 15 is 0 Å². The molecule has 0 aliphatic heterocycles. The van der Waals surface area contributed by atoms with Crippen LogP contribution in [0.2, 0.25) is 5.02 Å². The third-order valence-electron chi connectivity index (χ3n) is 2.97. The molecule has 0 spiro atoms. The third kappa shape index (κ3) is 4.99. The molecule has 0 fully saturated rings. The first-order valence-corrected chi connectivity index (χ1v) is 7.34. The normalized spacial score (nSPS) is 13.1. The van der Waals surface area contributed by atoms with Gasteiger partial charge in [0, 0.05) is 10.5 Å². The van der Waals surface area contributed by atoms with Crippen molar-refractivity contribution in [1.29, 1.82) is 0 Å². The van der Waals surface area contributed by atoms with Crippen LogP contribution in [0.4, 0.5) is 0 Å². The molecule has 0 saturated heterocycles. The number of nitrogens with one attached hydrogen (secondary N) is 1. The van der Waals surface area contributed by atoms with Gasteiger partial charge in [-0.05, 0) is 53.0 Å². The molecule has 1 aromatic carbocycles. The van der Waals surface area contributed by atoms with Crippen LogP contribution in [0, 0.1) is 5.92 Å². The van der Waals surface area contributed by atoms with Gasteiger partial charge >= 0.3 is 0 Å². The largest absolute Gasteiger partial charge is 0.313 e. The molecule has 0 bridgehead atoms. The molecule has 1 aromatic rings. The summed E-state index contributed by atoms with van der Waals surface area (Å²) in [4.78, 5) is 0. The summed E-state index contributed by atoms with van der Waals surface area (Å²) in [5.74, 6) is 0.779. The van der Waals surface area contributed by atoms with Gasteiger partial charge in [0.25, 0.3) is 0 Å². The van der Waals surface area contributed by atoms with Crippen molar-refractivity contribution in [3.05, 3.63) is 33.3 Å². The summed E-state index contributed by atoms with van der Waals surface area (Å²) >= 11 is 9.54. The van der Waals surface area contributed by atoms with Crippen molar-refractivity contribution in [1.82, 2.24) is 5.32 Å². The monoisotopic (exact) mass is 317 g/mol. The van der Waals surface area contributed by atoms with Crippen molar-refractivity contribution in [2.45, 2.75) is 39.2 Å². The molecule has 1 nitrogen and oxygen atoms in total. The molecule has 0 heterocycles. The molecule has 3 heteroatoms. The highest BCUT2D eigenvalue weighted by atomic mass is 79.9. The minimum atomic E-state index is 0.402. The third-order valence-corrected chi connectivity index (χ3v) is 4.20. The van der Waals surface area contributed by atoms with E-state index in [1.54, 1.807) is 0 Å². The number of rotatable bonds is 6. The van der Waals surface area contributed by atoms with Crippen molar-refractivity contribution < 1.29 is 0 Å². The second kappa shape index (κ2) is 7.40. The molecule has 0 aromatic heterocycles. The Morgan fingerprint density at radius 2 is 2.00 bits per heavy atom. The molecule has 1 unspecified atom stereocenters. The molecule has 1 atom stereocenters. The van der Waals surface area contributed by atoms with E-state index in [2.05, 4.69) is 41.2 Å². The number of halogens is 2. The second-order valence-electron chi connectivity index (χ2n) is 4.84. The molecule has 96 valence electrons. The highest BCUT2D eigenvalue weighted by Crippen LogP contribution is 2.28. The lowest BCUT2D eigenvalue weighted by molar-refractivity contribution is 0.470. The molecule has 0 aliphatic carbocycles. The van der Waals surface area contributed by atoms with Gasteiger partial charge in [-0.15, -0.1) is 0 Å². The fraction of sp³-hybridized carbons (Fsp3) is 0.571. The Morgan fingerprint density at radius 1 is 1.29 bits per heavy atom. The van der Waals surface area contributed by atoms with E-state index in [4.69, 9.17) is 11.6 Å². The van der Waals surface area contributed by atoms with Gasteiger partial charge < -0.3 is 5.32 Å². The van der Waals surface area contributed by atoms with E-state index in [-0.39, 0.29) is 0 Å². The molecule has 0 aliphatic rings. The first kappa shape index (κ1) is 15.0. The highest BCUT2D eigenvalue weighted by molar-refractivity contribution is 9.10. The molecule has 0 radical (unpaired) electrons. The van der Waals surface area contributed by atoms with Crippen LogP contribution in [-0.2, 0) is 0 Å². The first-order valence-electron chi connectivity index (χ1n) is 6.16. The Bertz CT molecular complexity index is 352. The lowest BCUT2D eigenvalue weighted by Gasteiger charge is -2.17. The number of hydrogen-bond donors (Lipinski definition) is 1. The van der Waals surface area contributed by atoms with Crippen LogP contribution in [0.15, 0.2) is 22.7 Å². The number of benzene rings is 1. The molecule has 1 N–H and O–H groups in total. The summed E-state index contributed by atoms with van der Waals surface area (Å²) in [6.07, 6.45) is 3.69. The number of hydrogen-bond acceptors (Lipinski definition) is 1. The van der Waals surface area contributed by atoms with E-state index in [1.165, 1.54) is 18.4 Å². The van der Waals surface area contributed by atoms with Gasteiger partial charge in [-0.2, -0.15) is 0 Å². The summed E-state index contributed by atoms with van der Waals surface area (Å²) in [6, 6.07) is 6.60. The van der Waals surface area contributed by atoms with Gasteiger partial charge in [0.1, 0.15) is 0 Å². The summed E-state index contributed by atoms with van der Waals surface area (Å²) in [7, 11) is 2.01. The van der Waals surface area contributed by atoms with E-state index in [0.717, 1.165) is 21.8 Å². The Morgan fingerprint density at radius 3 is 2.53 bits per heavy atom. The Kier molecular flexibility index (Phi) is 6.53. The molecule has 0 saturated carbocycles. The molecular weight excluding hydrogens is 298 g/mol. The minimum Gasteiger partial charge on any atom is -0.313 e. The fourth-order valence-electron chi connectivity index (χ4n) is 1.94. The van der Waals surface area contributed by atoms with Crippen molar-refractivity contribution in [3.8, 4) is 0 Å². The highest BCUT2D eigenvalue weighted by Gasteiger charge is 2.10. The van der Waals surface area contributed by atoms with Gasteiger partial charge in [0.15, 0.2) is 0 Å². The summed E-state index contributed by atoms with van der Waals surface area (Å²) in [6.45, 7) is 4.54. The van der Waals surface area contributed by atoms with Gasteiger partial charge in [0.2, 0.25) is 0 Å². The lowest BCUT2D eigenvalue weighted by Crippen LogP contribution is -2.16. The topological polar surface area (TPSA) is 12.0 Å². The standard InChI is InChI=1S/C14H21BrClN/c1-10(2)5-4-6-14(17-3)11-7-8-12(15)13(16)9-11/h7-10,14,17H,4-6H2,1-3H3. The van der Waals surface area contributed by atoms with Crippen LogP contribution < -0.4 is 5.32 Å². The predicted molar refractivity (Wildman–Crippen MR) is 79.6 cm³/mol. The molecule has 1 rings (SSSR count). The SMILES string of the molecule is CNC(CCCC(C)C)c1ccc(Br)c(Cl)c1. The van der Waals surface area contributed by atoms with Gasteiger partial charge in [-0.25, -0.2) is 0 Å². The summed E-state index contributed by atoms with van der Waals surface area (Å²) < 4.78 is 0.958. The Balaban J connectivity index is 2.62. The van der Waals surface area contributed by atoms with Crippen molar-refractivity contribution in [3.63, 3.8) is 0 Å². The molecule has 0 amide bonds. The minimum absolute atomic E-state index is 0.402. The average molecular weight is 319 g/mol. The Hall–Kier alpha value is -0.0500. The first-order chi connectivity index (χ1) is 8.04. The van der Waals surface area contributed by atoms with Gasteiger partial charge in [-0.3, -0.25) is 0 Å². The lowest BCUT2D eigenvalue weighted by atomic mass is 9.98. The zero-order valence-electron chi connectivity index (χ0n) is 10.8. The van der Waals surface area contributed by atoms with Gasteiger partial charge in [0.05, 0.1) is 5.02 Å². The molecule has 17 heavy (non-hydrogen) atoms. The smallest absolute Gasteiger partial charge is 0.0551 e. The van der Waals surface area contributed by atoms with E-state index in [1.807, 2.05) is 19.2 Å². The van der Waals surface area contributed by atoms with Crippen LogP contribution >= 0.6 is 27.5 Å². The summed E-state index contributed by atoms with van der Waals surface area (Å²) in [5.41, 5.74) is 1.27. The van der Waals surface area contributed by atoms with Crippen molar-refractivity contribution in [2.24, 2.45) is 5.92 Å². The molecular formula is C14H21BrClN. The summed E-state index contributed by atoms with van der Waals surface area (Å²) in [5, 5.41) is 4.15. The van der Waals surface area contributed by atoms with E-state index in [0.29, 0.717) is 6.04 Å². The van der Waals surface area contributed by atoms with Gasteiger partial charge in [-0.1, -0.05) is 44.4 Å². The maximum absolute atomic E-state index is 6.12. The van der Waals surface area contributed by atoms with Crippen molar-refractivity contribution in [2.75, 3.05) is 7.05 Å². The quantitative estimate of drug-likeness (QED) is 0.761. The maximum atomic E-state index is 6.12. The zero-order valence-corrected chi connectivity index (χ0v) is 13.1. The maximum Gasteiger partial charge on any atom is 0.0551 e. The van der Waals surface area contributed by atoms with Crippen LogP contribution in [0.25, 0.3) is 0 Å². The second-order valence-corrected chi connectivity index (χ2v) is 6.10. The van der Waals surface area contributed by atoms with Crippen LogP contribution in [-0.4, -0.2) is 7.05 Å². The van der Waals surface area contributed by atoms with Crippen LogP contribution in [0.3, 0.4) is 0 Å².